The Labute approximate surface area is 183 Å². The summed E-state index contributed by atoms with van der Waals surface area (Å²) >= 11 is 6.26. The molecule has 0 radical (unpaired) electrons. The van der Waals surface area contributed by atoms with Gasteiger partial charge < -0.3 is 15.5 Å². The number of hydrogen-bond acceptors (Lipinski definition) is 5. The molecule has 158 valence electrons. The third-order valence-electron chi connectivity index (χ3n) is 5.85. The predicted octanol–water partition coefficient (Wildman–Crippen LogP) is 4.90. The van der Waals surface area contributed by atoms with E-state index in [1.54, 1.807) is 0 Å². The second-order valence-corrected chi connectivity index (χ2v) is 8.68. The van der Waals surface area contributed by atoms with E-state index in [1.165, 1.54) is 5.56 Å². The minimum Gasteiger partial charge on any atom is -0.362 e. The van der Waals surface area contributed by atoms with Gasteiger partial charge in [-0.2, -0.15) is 4.98 Å². The first kappa shape index (κ1) is 20.9. The Kier molecular flexibility index (Phi) is 6.70. The Morgan fingerprint density at radius 1 is 0.933 bits per heavy atom. The second kappa shape index (κ2) is 9.63. The highest BCUT2D eigenvalue weighted by molar-refractivity contribution is 6.31. The zero-order valence-corrected chi connectivity index (χ0v) is 18.5. The van der Waals surface area contributed by atoms with Crippen molar-refractivity contribution >= 4 is 34.3 Å². The number of para-hydroxylation sites is 1. The zero-order valence-electron chi connectivity index (χ0n) is 17.7. The Bertz CT molecular complexity index is 982. The van der Waals surface area contributed by atoms with Crippen LogP contribution in [-0.4, -0.2) is 42.7 Å². The van der Waals surface area contributed by atoms with E-state index in [9.17, 15) is 0 Å². The van der Waals surface area contributed by atoms with Crippen LogP contribution in [0.1, 0.15) is 31.2 Å². The van der Waals surface area contributed by atoms with Gasteiger partial charge in [0.15, 0.2) is 0 Å². The summed E-state index contributed by atoms with van der Waals surface area (Å²) in [6.45, 7) is 0.965. The van der Waals surface area contributed by atoms with E-state index in [0.29, 0.717) is 12.1 Å². The number of aromatic nitrogens is 2. The molecule has 0 saturated heterocycles. The number of nitrogens with one attached hydrogen (secondary N) is 2. The van der Waals surface area contributed by atoms with Crippen molar-refractivity contribution in [2.24, 2.45) is 0 Å². The molecule has 30 heavy (non-hydrogen) atoms. The molecule has 1 heterocycles. The molecular formula is C24H30ClN5. The molecular weight excluding hydrogens is 394 g/mol. The van der Waals surface area contributed by atoms with Gasteiger partial charge in [-0.3, -0.25) is 0 Å². The maximum atomic E-state index is 6.26. The van der Waals surface area contributed by atoms with Crippen LogP contribution in [0.2, 0.25) is 5.02 Å². The summed E-state index contributed by atoms with van der Waals surface area (Å²) in [7, 11) is 4.05. The molecule has 1 aliphatic carbocycles. The highest BCUT2D eigenvalue weighted by atomic mass is 35.5. The number of rotatable bonds is 7. The third kappa shape index (κ3) is 5.02. The van der Waals surface area contributed by atoms with Crippen LogP contribution in [0.5, 0.6) is 0 Å². The molecule has 1 fully saturated rings. The van der Waals surface area contributed by atoms with Crippen molar-refractivity contribution in [2.45, 2.75) is 44.2 Å². The van der Waals surface area contributed by atoms with Crippen LogP contribution in [0.3, 0.4) is 0 Å². The molecule has 6 heteroatoms. The van der Waals surface area contributed by atoms with Crippen LogP contribution in [0.25, 0.3) is 10.9 Å². The Hall–Kier alpha value is -2.37. The van der Waals surface area contributed by atoms with Gasteiger partial charge in [-0.05, 0) is 62.4 Å². The third-order valence-corrected chi connectivity index (χ3v) is 6.22. The smallest absolute Gasteiger partial charge is 0.225 e. The van der Waals surface area contributed by atoms with E-state index in [4.69, 9.17) is 21.6 Å². The molecule has 0 atom stereocenters. The molecule has 3 aromatic rings. The molecule has 4 rings (SSSR count). The summed E-state index contributed by atoms with van der Waals surface area (Å²) in [5.74, 6) is 1.69. The van der Waals surface area contributed by atoms with Gasteiger partial charge >= 0.3 is 0 Å². The van der Waals surface area contributed by atoms with Crippen molar-refractivity contribution in [3.05, 3.63) is 59.1 Å². The number of fused-ring (bicyclic) bond motifs is 1. The van der Waals surface area contributed by atoms with E-state index < -0.39 is 0 Å². The molecule has 1 saturated carbocycles. The van der Waals surface area contributed by atoms with Crippen molar-refractivity contribution in [1.29, 1.82) is 0 Å². The van der Waals surface area contributed by atoms with Crippen LogP contribution >= 0.6 is 11.6 Å². The van der Waals surface area contributed by atoms with Crippen molar-refractivity contribution in [1.82, 2.24) is 15.3 Å². The van der Waals surface area contributed by atoms with Crippen LogP contribution in [-0.2, 0) is 6.42 Å². The molecule has 0 aliphatic heterocycles. The van der Waals surface area contributed by atoms with Gasteiger partial charge in [0, 0.05) is 36.6 Å². The normalized spacial score (nSPS) is 19.0. The van der Waals surface area contributed by atoms with Crippen LogP contribution in [0.4, 0.5) is 11.8 Å². The lowest BCUT2D eigenvalue weighted by molar-refractivity contribution is 0.355. The number of anilines is 2. The molecule has 0 spiro atoms. The lowest BCUT2D eigenvalue weighted by Gasteiger charge is -2.30. The standard InChI is InChI=1S/C24H30ClN5/c1-30(2)23-20-8-4-6-10-22(20)28-24(29-23)27-19-13-11-18(12-14-19)26-16-15-17-7-3-5-9-21(17)25/h3-10,18-19,26H,11-16H2,1-2H3,(H,27,28,29)/t18-,19+. The summed E-state index contributed by atoms with van der Waals surface area (Å²) in [4.78, 5) is 11.6. The van der Waals surface area contributed by atoms with Gasteiger partial charge in [-0.1, -0.05) is 41.9 Å². The van der Waals surface area contributed by atoms with Gasteiger partial charge in [0.1, 0.15) is 5.82 Å². The number of hydrogen-bond donors (Lipinski definition) is 2. The van der Waals surface area contributed by atoms with E-state index >= 15 is 0 Å². The molecule has 2 aromatic carbocycles. The lowest BCUT2D eigenvalue weighted by atomic mass is 9.91. The Morgan fingerprint density at radius 3 is 2.40 bits per heavy atom. The summed E-state index contributed by atoms with van der Waals surface area (Å²) in [6, 6.07) is 17.3. The monoisotopic (exact) mass is 423 g/mol. The minimum absolute atomic E-state index is 0.419. The van der Waals surface area contributed by atoms with Gasteiger partial charge in [0.2, 0.25) is 5.95 Å². The Balaban J connectivity index is 1.30. The maximum absolute atomic E-state index is 6.26. The van der Waals surface area contributed by atoms with E-state index in [1.807, 2.05) is 38.4 Å². The molecule has 0 amide bonds. The number of halogens is 1. The SMILES string of the molecule is CN(C)c1nc(N[C@H]2CC[C@@H](NCCc3ccccc3Cl)CC2)nc2ccccc12. The summed E-state index contributed by atoms with van der Waals surface area (Å²) in [6.07, 6.45) is 5.53. The van der Waals surface area contributed by atoms with Crippen molar-refractivity contribution in [3.63, 3.8) is 0 Å². The van der Waals surface area contributed by atoms with Gasteiger partial charge in [0.05, 0.1) is 5.52 Å². The fraction of sp³-hybridized carbons (Fsp3) is 0.417. The average Bonchev–Trinajstić information content (AvgIpc) is 2.75. The molecule has 0 bridgehead atoms. The van der Waals surface area contributed by atoms with Crippen molar-refractivity contribution in [3.8, 4) is 0 Å². The first-order valence-corrected chi connectivity index (χ1v) is 11.2. The largest absolute Gasteiger partial charge is 0.362 e. The highest BCUT2D eigenvalue weighted by Crippen LogP contribution is 2.26. The predicted molar refractivity (Wildman–Crippen MR) is 127 cm³/mol. The fourth-order valence-corrected chi connectivity index (χ4v) is 4.43. The topological polar surface area (TPSA) is 53.1 Å². The van der Waals surface area contributed by atoms with E-state index in [0.717, 1.165) is 66.3 Å². The summed E-state index contributed by atoms with van der Waals surface area (Å²) < 4.78 is 0. The van der Waals surface area contributed by atoms with Crippen molar-refractivity contribution < 1.29 is 0 Å². The van der Waals surface area contributed by atoms with Gasteiger partial charge in [0.25, 0.3) is 0 Å². The first-order chi connectivity index (χ1) is 14.6. The van der Waals surface area contributed by atoms with Crippen molar-refractivity contribution in [2.75, 3.05) is 30.9 Å². The fourth-order valence-electron chi connectivity index (χ4n) is 4.20. The van der Waals surface area contributed by atoms with Crippen LogP contribution in [0.15, 0.2) is 48.5 Å². The van der Waals surface area contributed by atoms with Gasteiger partial charge in [-0.15, -0.1) is 0 Å². The molecule has 1 aromatic heterocycles. The zero-order chi connectivity index (χ0) is 20.9. The molecule has 5 nitrogen and oxygen atoms in total. The molecule has 1 aliphatic rings. The van der Waals surface area contributed by atoms with E-state index in [2.05, 4.69) is 39.8 Å². The highest BCUT2D eigenvalue weighted by Gasteiger charge is 2.22. The first-order valence-electron chi connectivity index (χ1n) is 10.8. The lowest BCUT2D eigenvalue weighted by Crippen LogP contribution is -2.38. The number of nitrogens with zero attached hydrogens (tertiary/aromatic N) is 3. The van der Waals surface area contributed by atoms with Crippen LogP contribution < -0.4 is 15.5 Å². The van der Waals surface area contributed by atoms with Crippen LogP contribution in [0, 0.1) is 0 Å². The van der Waals surface area contributed by atoms with E-state index in [-0.39, 0.29) is 0 Å². The second-order valence-electron chi connectivity index (χ2n) is 8.27. The molecule has 2 N–H and O–H groups in total. The average molecular weight is 424 g/mol. The summed E-state index contributed by atoms with van der Waals surface area (Å²) in [5, 5.41) is 9.23. The number of benzene rings is 2. The summed E-state index contributed by atoms with van der Waals surface area (Å²) in [5.41, 5.74) is 2.20. The quantitative estimate of drug-likeness (QED) is 0.565. The minimum atomic E-state index is 0.419. The Morgan fingerprint density at radius 2 is 1.63 bits per heavy atom. The van der Waals surface area contributed by atoms with Gasteiger partial charge in [-0.25, -0.2) is 4.98 Å². The molecule has 0 unspecified atom stereocenters. The maximum Gasteiger partial charge on any atom is 0.225 e.